The van der Waals surface area contributed by atoms with Gasteiger partial charge in [0.15, 0.2) is 11.3 Å². The van der Waals surface area contributed by atoms with Crippen molar-refractivity contribution in [3.8, 4) is 0 Å². The maximum Gasteiger partial charge on any atom is 0.284 e. The van der Waals surface area contributed by atoms with Crippen LogP contribution in [0.15, 0.2) is 42.9 Å². The van der Waals surface area contributed by atoms with E-state index in [9.17, 15) is 32.8 Å². The third-order valence-corrected chi connectivity index (χ3v) is 14.6. The van der Waals surface area contributed by atoms with Gasteiger partial charge in [0.1, 0.15) is 17.4 Å². The predicted octanol–water partition coefficient (Wildman–Crippen LogP) is 4.35. The lowest BCUT2D eigenvalue weighted by molar-refractivity contribution is -0.136. The van der Waals surface area contributed by atoms with E-state index in [-0.39, 0.29) is 71.7 Å². The first-order valence-electron chi connectivity index (χ1n) is 22.9. The van der Waals surface area contributed by atoms with Gasteiger partial charge in [0.25, 0.3) is 24.1 Å². The minimum absolute atomic E-state index is 0.0102. The van der Waals surface area contributed by atoms with Gasteiger partial charge in [-0.2, -0.15) is 10.2 Å². The average molecular weight is 896 g/mol. The van der Waals surface area contributed by atoms with Gasteiger partial charge < -0.3 is 29.9 Å². The summed E-state index contributed by atoms with van der Waals surface area (Å²) in [5.74, 6) is -1.45. The first-order valence-corrected chi connectivity index (χ1v) is 22.9. The number of halogens is 2. The number of piperidine rings is 2. The lowest BCUT2D eigenvalue weighted by Crippen LogP contribution is -2.54. The third-order valence-electron chi connectivity index (χ3n) is 14.6. The number of anilines is 3. The summed E-state index contributed by atoms with van der Waals surface area (Å²) in [7, 11) is 0. The quantitative estimate of drug-likeness (QED) is 0.170. The highest BCUT2D eigenvalue weighted by molar-refractivity contribution is 6.25. The van der Waals surface area contributed by atoms with E-state index in [1.54, 1.807) is 29.1 Å². The Balaban J connectivity index is 0.629. The molecule has 20 heteroatoms. The second-order valence-electron chi connectivity index (χ2n) is 18.7. The maximum absolute atomic E-state index is 14.3. The normalized spacial score (nSPS) is 28.3. The van der Waals surface area contributed by atoms with Gasteiger partial charge in [-0.3, -0.25) is 38.9 Å². The molecule has 0 radical (unpaired) electrons. The number of benzene rings is 1. The monoisotopic (exact) mass is 895 g/mol. The molecule has 18 nitrogen and oxygen atoms in total. The van der Waals surface area contributed by atoms with Crippen LogP contribution in [-0.4, -0.2) is 133 Å². The van der Waals surface area contributed by atoms with Crippen molar-refractivity contribution >= 4 is 52.4 Å². The van der Waals surface area contributed by atoms with Gasteiger partial charge in [-0.1, -0.05) is 6.07 Å². The van der Waals surface area contributed by atoms with Crippen molar-refractivity contribution in [1.82, 2.24) is 39.5 Å². The number of hydrogen-bond acceptors (Lipinski definition) is 13. The van der Waals surface area contributed by atoms with Crippen molar-refractivity contribution < 1.29 is 42.2 Å². The SMILES string of the molecule is O=C1CCC(N2C(=O)c3cccc(N[C@H]4C[C@H](OC5CCN(C[C@H]6CC[C@H](n7cc(NC(=O)c8cnn9ccc(N%10C[C@H]%11C[C@@H]%10CO%11)nc89)c(C(F)F)n7)CC6)CC5)C4)c3C2=O)C(=O)N1. The smallest absolute Gasteiger partial charge is 0.284 e. The topological polar surface area (TPSA) is 198 Å². The first kappa shape index (κ1) is 41.8. The zero-order valence-electron chi connectivity index (χ0n) is 35.7. The highest BCUT2D eigenvalue weighted by atomic mass is 19.3. The third kappa shape index (κ3) is 7.92. The van der Waals surface area contributed by atoms with Crippen LogP contribution in [0.25, 0.3) is 5.65 Å². The van der Waals surface area contributed by atoms with Crippen LogP contribution in [0.5, 0.6) is 0 Å². The van der Waals surface area contributed by atoms with Gasteiger partial charge in [-0.25, -0.2) is 18.3 Å². The van der Waals surface area contributed by atoms with Gasteiger partial charge in [0.2, 0.25) is 11.8 Å². The minimum atomic E-state index is -2.87. The summed E-state index contributed by atoms with van der Waals surface area (Å²) in [5, 5.41) is 16.9. The summed E-state index contributed by atoms with van der Waals surface area (Å²) in [6.07, 6.45) is 10.3. The van der Waals surface area contributed by atoms with Crippen molar-refractivity contribution in [2.75, 3.05) is 48.3 Å². The summed E-state index contributed by atoms with van der Waals surface area (Å²) < 4.78 is 44.0. The number of likely N-dealkylation sites (tertiary alicyclic amines) is 1. The van der Waals surface area contributed by atoms with Crippen LogP contribution >= 0.6 is 0 Å². The van der Waals surface area contributed by atoms with E-state index < -0.39 is 47.7 Å². The molecule has 11 rings (SSSR count). The highest BCUT2D eigenvalue weighted by Crippen LogP contribution is 2.39. The van der Waals surface area contributed by atoms with E-state index in [1.807, 2.05) is 6.07 Å². The molecule has 3 atom stereocenters. The molecule has 5 amide bonds. The van der Waals surface area contributed by atoms with Crippen LogP contribution in [-0.2, 0) is 19.1 Å². The molecule has 342 valence electrons. The Kier molecular flexibility index (Phi) is 10.8. The predicted molar refractivity (Wildman–Crippen MR) is 229 cm³/mol. The molecule has 1 unspecified atom stereocenters. The number of fused-ring (bicyclic) bond motifs is 4. The van der Waals surface area contributed by atoms with Crippen molar-refractivity contribution in [2.45, 2.75) is 120 Å². The highest BCUT2D eigenvalue weighted by Gasteiger charge is 2.46. The molecule has 2 aliphatic carbocycles. The molecule has 0 spiro atoms. The van der Waals surface area contributed by atoms with Crippen molar-refractivity contribution in [3.05, 3.63) is 65.2 Å². The number of hydrogen-bond donors (Lipinski definition) is 3. The van der Waals surface area contributed by atoms with Crippen LogP contribution < -0.4 is 20.9 Å². The summed E-state index contributed by atoms with van der Waals surface area (Å²) in [5.41, 5.74) is 1.15. The fraction of sp³-hybridized carbons (Fsp3) is 0.556. The van der Waals surface area contributed by atoms with Gasteiger partial charge in [0, 0.05) is 56.7 Å². The molecule has 3 N–H and O–H groups in total. The Labute approximate surface area is 372 Å². The lowest BCUT2D eigenvalue weighted by atomic mass is 9.85. The number of ether oxygens (including phenoxy) is 2. The molecule has 2 saturated carbocycles. The zero-order chi connectivity index (χ0) is 44.5. The summed E-state index contributed by atoms with van der Waals surface area (Å²) in [4.78, 5) is 74.8. The van der Waals surface area contributed by atoms with Gasteiger partial charge >= 0.3 is 0 Å². The number of imide groups is 2. The molecule has 7 aliphatic rings. The Bertz CT molecular complexity index is 2540. The number of rotatable bonds is 12. The largest absolute Gasteiger partial charge is 0.381 e. The van der Waals surface area contributed by atoms with Crippen LogP contribution in [0.4, 0.5) is 26.0 Å². The van der Waals surface area contributed by atoms with Crippen molar-refractivity contribution in [3.63, 3.8) is 0 Å². The maximum atomic E-state index is 14.3. The molecule has 3 aromatic heterocycles. The molecule has 4 saturated heterocycles. The number of nitrogens with zero attached hydrogens (tertiary/aromatic N) is 8. The average Bonchev–Trinajstić information content (AvgIpc) is 4.14. The van der Waals surface area contributed by atoms with Gasteiger partial charge in [-0.05, 0) is 88.3 Å². The van der Waals surface area contributed by atoms with Crippen LogP contribution in [0.2, 0.25) is 0 Å². The van der Waals surface area contributed by atoms with Crippen LogP contribution in [0.3, 0.4) is 0 Å². The Morgan fingerprint density at radius 1 is 0.938 bits per heavy atom. The van der Waals surface area contributed by atoms with Crippen molar-refractivity contribution in [1.29, 1.82) is 0 Å². The first-order chi connectivity index (χ1) is 31.5. The lowest BCUT2D eigenvalue weighted by Gasteiger charge is -2.41. The fourth-order valence-corrected chi connectivity index (χ4v) is 11.0. The van der Waals surface area contributed by atoms with E-state index in [4.69, 9.17) is 14.5 Å². The second kappa shape index (κ2) is 16.8. The summed E-state index contributed by atoms with van der Waals surface area (Å²) in [6, 6.07) is 6.21. The van der Waals surface area contributed by atoms with E-state index >= 15 is 0 Å². The molecule has 2 bridgehead atoms. The Hall–Kier alpha value is -5.86. The van der Waals surface area contributed by atoms with E-state index in [1.165, 1.54) is 16.9 Å². The van der Waals surface area contributed by atoms with E-state index in [2.05, 4.69) is 35.9 Å². The number of carbonyl (C=O) groups is 5. The summed E-state index contributed by atoms with van der Waals surface area (Å²) >= 11 is 0. The number of aromatic nitrogens is 5. The molecule has 5 aliphatic heterocycles. The molecular weight excluding hydrogens is 845 g/mol. The minimum Gasteiger partial charge on any atom is -0.381 e. The molecular formula is C45H51F2N11O7. The van der Waals surface area contributed by atoms with E-state index in [0.717, 1.165) is 94.7 Å². The standard InChI is InChI=1S/C45H51F2N11O7/c46-40(47)39-34(50-42(60)32-19-48-56-15-12-36(51-41(32)56)55-21-30-18-27(55)23-64-30)22-57(53-39)26-6-4-24(5-7-26)20-54-13-10-28(11-14-54)65-29-16-25(17-29)49-33-3-1-2-31-38(33)45(63)58(44(31)62)35-8-9-37(59)52-43(35)61/h1-3,12,15,19,22,24-30,35,40,49H,4-11,13-14,16-18,20-21,23H2,(H,50,60)(H,52,59,61)/t24-,25-,26-,27-,29-,30-,35?/m1/s1. The summed E-state index contributed by atoms with van der Waals surface area (Å²) in [6.45, 7) is 4.22. The van der Waals surface area contributed by atoms with Crippen LogP contribution in [0.1, 0.15) is 120 Å². The van der Waals surface area contributed by atoms with Crippen molar-refractivity contribution in [2.24, 2.45) is 5.92 Å². The number of carbonyl (C=O) groups excluding carboxylic acids is 5. The fourth-order valence-electron chi connectivity index (χ4n) is 11.0. The number of morpholine rings is 1. The zero-order valence-corrected chi connectivity index (χ0v) is 35.7. The van der Waals surface area contributed by atoms with Crippen LogP contribution in [0, 0.1) is 5.92 Å². The van der Waals surface area contributed by atoms with E-state index in [0.29, 0.717) is 23.9 Å². The Morgan fingerprint density at radius 2 is 1.75 bits per heavy atom. The van der Waals surface area contributed by atoms with Gasteiger partial charge in [-0.15, -0.1) is 0 Å². The number of alkyl halides is 2. The second-order valence-corrected chi connectivity index (χ2v) is 18.7. The Morgan fingerprint density at radius 3 is 2.49 bits per heavy atom. The number of amides is 5. The molecule has 8 heterocycles. The molecule has 4 aromatic rings. The molecule has 65 heavy (non-hydrogen) atoms. The molecule has 6 fully saturated rings. The van der Waals surface area contributed by atoms with Gasteiger partial charge in [0.05, 0.1) is 60.0 Å². The number of nitrogens with one attached hydrogen (secondary N) is 3. The molecule has 1 aromatic carbocycles.